The van der Waals surface area contributed by atoms with Gasteiger partial charge >= 0.3 is 17.9 Å². The quantitative estimate of drug-likeness (QED) is 0.0345. The van der Waals surface area contributed by atoms with Gasteiger partial charge in [0.05, 0.1) is 0 Å². The van der Waals surface area contributed by atoms with Gasteiger partial charge in [0.25, 0.3) is 0 Å². The minimum absolute atomic E-state index is 0.0635. The number of hydrogen-bond donors (Lipinski definition) is 0. The van der Waals surface area contributed by atoms with E-state index in [1.54, 1.807) is 0 Å². The van der Waals surface area contributed by atoms with Gasteiger partial charge in [-0.2, -0.15) is 0 Å². The molecule has 0 aliphatic heterocycles. The van der Waals surface area contributed by atoms with Crippen LogP contribution in [0.3, 0.4) is 0 Å². The first kappa shape index (κ1) is 58.4. The van der Waals surface area contributed by atoms with Crippen LogP contribution in [0.2, 0.25) is 0 Å². The molecule has 0 rings (SSSR count). The molecule has 356 valence electrons. The van der Waals surface area contributed by atoms with Crippen molar-refractivity contribution in [3.8, 4) is 0 Å². The highest BCUT2D eigenvalue weighted by Crippen LogP contribution is 2.17. The summed E-state index contributed by atoms with van der Waals surface area (Å²) in [5.41, 5.74) is 0. The third-order valence-electron chi connectivity index (χ3n) is 12.4. The zero-order chi connectivity index (χ0) is 43.7. The molecule has 0 amide bonds. The van der Waals surface area contributed by atoms with Crippen LogP contribution in [0.4, 0.5) is 0 Å². The molecule has 0 unspecified atom stereocenters. The van der Waals surface area contributed by atoms with Crippen molar-refractivity contribution in [1.29, 1.82) is 0 Å². The maximum absolute atomic E-state index is 12.6. The van der Waals surface area contributed by atoms with E-state index in [1.807, 2.05) is 0 Å². The fraction of sp³-hybridized carbons (Fsp3) is 0.944. The molecule has 0 aliphatic carbocycles. The number of ether oxygens (including phenoxy) is 3. The minimum Gasteiger partial charge on any atom is -0.462 e. The zero-order valence-electron chi connectivity index (χ0n) is 40.8. The lowest BCUT2D eigenvalue weighted by Crippen LogP contribution is -2.30. The molecule has 0 N–H and O–H groups in total. The Morgan fingerprint density at radius 3 is 0.667 bits per heavy atom. The number of hydrogen-bond acceptors (Lipinski definition) is 6. The molecule has 6 heteroatoms. The predicted octanol–water partition coefficient (Wildman–Crippen LogP) is 17.6. The van der Waals surface area contributed by atoms with E-state index < -0.39 is 6.10 Å². The molecule has 0 aromatic carbocycles. The molecule has 0 aliphatic rings. The van der Waals surface area contributed by atoms with Crippen LogP contribution in [0.5, 0.6) is 0 Å². The number of carbonyl (C=O) groups is 3. The molecule has 0 aromatic rings. The van der Waals surface area contributed by atoms with Crippen molar-refractivity contribution in [2.45, 2.75) is 316 Å². The number of carbonyl (C=O) groups excluding carboxylic acids is 3. The van der Waals surface area contributed by atoms with Gasteiger partial charge in [0, 0.05) is 19.3 Å². The van der Waals surface area contributed by atoms with E-state index in [0.29, 0.717) is 19.3 Å². The topological polar surface area (TPSA) is 78.9 Å². The van der Waals surface area contributed by atoms with E-state index in [9.17, 15) is 14.4 Å². The monoisotopic (exact) mass is 849 g/mol. The standard InChI is InChI=1S/C54H104O6/c1-4-7-10-13-15-17-19-21-23-25-27-29-31-33-35-37-39-42-44-47-53(56)59-50-51(60-54(57)48-45-40-12-9-6-3)49-58-52(55)46-43-41-38-36-34-32-30-28-26-24-22-20-18-16-14-11-8-5-2/h51H,4-50H2,1-3H3/t51-/m1/s1. The van der Waals surface area contributed by atoms with Gasteiger partial charge in [-0.25, -0.2) is 0 Å². The smallest absolute Gasteiger partial charge is 0.306 e. The summed E-state index contributed by atoms with van der Waals surface area (Å²) < 4.78 is 16.7. The van der Waals surface area contributed by atoms with E-state index in [-0.39, 0.29) is 31.1 Å². The SMILES string of the molecule is CCCCCCCCCCCCCCCCCCCCCC(=O)OC[C@@H](COC(=O)CCCCCCCCCCCCCCCCCCCC)OC(=O)CCCCCCC. The molecule has 0 heterocycles. The molecular formula is C54H104O6. The Hall–Kier alpha value is -1.59. The molecule has 0 aromatic heterocycles. The molecule has 0 fully saturated rings. The number of rotatable bonds is 50. The zero-order valence-corrected chi connectivity index (χ0v) is 40.8. The minimum atomic E-state index is -0.758. The second-order valence-corrected chi connectivity index (χ2v) is 18.5. The lowest BCUT2D eigenvalue weighted by molar-refractivity contribution is -0.167. The Kier molecular flexibility index (Phi) is 48.7. The summed E-state index contributed by atoms with van der Waals surface area (Å²) in [6, 6.07) is 0. The van der Waals surface area contributed by atoms with Crippen molar-refractivity contribution < 1.29 is 28.6 Å². The largest absolute Gasteiger partial charge is 0.462 e. The summed E-state index contributed by atoms with van der Waals surface area (Å²) in [5.74, 6) is -0.855. The van der Waals surface area contributed by atoms with Crippen molar-refractivity contribution in [3.63, 3.8) is 0 Å². The third-order valence-corrected chi connectivity index (χ3v) is 12.4. The Bertz CT molecular complexity index is 889. The fourth-order valence-electron chi connectivity index (χ4n) is 8.27. The lowest BCUT2D eigenvalue weighted by atomic mass is 10.0. The summed E-state index contributed by atoms with van der Waals surface area (Å²) in [5, 5.41) is 0. The molecule has 0 saturated heterocycles. The van der Waals surface area contributed by atoms with Gasteiger partial charge in [-0.1, -0.05) is 271 Å². The van der Waals surface area contributed by atoms with E-state index in [0.717, 1.165) is 64.2 Å². The lowest BCUT2D eigenvalue weighted by Gasteiger charge is -2.18. The number of esters is 3. The average molecular weight is 849 g/mol. The molecule has 0 spiro atoms. The van der Waals surface area contributed by atoms with E-state index in [1.165, 1.54) is 205 Å². The molecule has 6 nitrogen and oxygen atoms in total. The summed E-state index contributed by atoms with van der Waals surface area (Å²) in [4.78, 5) is 37.7. The Balaban J connectivity index is 4.01. The summed E-state index contributed by atoms with van der Waals surface area (Å²) >= 11 is 0. The summed E-state index contributed by atoms with van der Waals surface area (Å²) in [6.07, 6.45) is 54.2. The van der Waals surface area contributed by atoms with Crippen LogP contribution in [-0.4, -0.2) is 37.2 Å². The summed E-state index contributed by atoms with van der Waals surface area (Å²) in [7, 11) is 0. The number of unbranched alkanes of at least 4 members (excludes halogenated alkanes) is 39. The van der Waals surface area contributed by atoms with Gasteiger partial charge in [-0.15, -0.1) is 0 Å². The Morgan fingerprint density at radius 2 is 0.450 bits per heavy atom. The van der Waals surface area contributed by atoms with Gasteiger partial charge in [0.1, 0.15) is 13.2 Å². The van der Waals surface area contributed by atoms with Crippen molar-refractivity contribution in [2.75, 3.05) is 13.2 Å². The Labute approximate surface area is 374 Å². The first-order valence-corrected chi connectivity index (χ1v) is 27.0. The van der Waals surface area contributed by atoms with E-state index >= 15 is 0 Å². The van der Waals surface area contributed by atoms with Crippen molar-refractivity contribution in [2.24, 2.45) is 0 Å². The molecule has 0 radical (unpaired) electrons. The molecule has 0 saturated carbocycles. The van der Waals surface area contributed by atoms with Crippen molar-refractivity contribution in [3.05, 3.63) is 0 Å². The summed E-state index contributed by atoms with van der Waals surface area (Å²) in [6.45, 7) is 6.61. The molecule has 60 heavy (non-hydrogen) atoms. The predicted molar refractivity (Wildman–Crippen MR) is 257 cm³/mol. The van der Waals surface area contributed by atoms with Gasteiger partial charge in [-0.05, 0) is 19.3 Å². The van der Waals surface area contributed by atoms with E-state index in [4.69, 9.17) is 14.2 Å². The van der Waals surface area contributed by atoms with Gasteiger partial charge in [0.15, 0.2) is 6.10 Å². The average Bonchev–Trinajstić information content (AvgIpc) is 3.24. The maximum atomic E-state index is 12.6. The van der Waals surface area contributed by atoms with Crippen LogP contribution in [-0.2, 0) is 28.6 Å². The highest BCUT2D eigenvalue weighted by molar-refractivity contribution is 5.71. The first-order chi connectivity index (χ1) is 29.5. The highest BCUT2D eigenvalue weighted by atomic mass is 16.6. The molecule has 0 bridgehead atoms. The maximum Gasteiger partial charge on any atom is 0.306 e. The molecular weight excluding hydrogens is 745 g/mol. The second kappa shape index (κ2) is 50.1. The van der Waals surface area contributed by atoms with Crippen LogP contribution in [0.25, 0.3) is 0 Å². The van der Waals surface area contributed by atoms with Crippen molar-refractivity contribution >= 4 is 17.9 Å². The van der Waals surface area contributed by atoms with Crippen LogP contribution in [0.15, 0.2) is 0 Å². The third kappa shape index (κ3) is 47.5. The van der Waals surface area contributed by atoms with Crippen LogP contribution >= 0.6 is 0 Å². The molecule has 1 atom stereocenters. The van der Waals surface area contributed by atoms with Crippen LogP contribution in [0, 0.1) is 0 Å². The van der Waals surface area contributed by atoms with Gasteiger partial charge < -0.3 is 14.2 Å². The van der Waals surface area contributed by atoms with Crippen molar-refractivity contribution in [1.82, 2.24) is 0 Å². The normalized spacial score (nSPS) is 11.8. The first-order valence-electron chi connectivity index (χ1n) is 27.0. The van der Waals surface area contributed by atoms with Crippen LogP contribution in [0.1, 0.15) is 310 Å². The second-order valence-electron chi connectivity index (χ2n) is 18.5. The van der Waals surface area contributed by atoms with Gasteiger partial charge in [-0.3, -0.25) is 14.4 Å². The highest BCUT2D eigenvalue weighted by Gasteiger charge is 2.19. The van der Waals surface area contributed by atoms with E-state index in [2.05, 4.69) is 20.8 Å². The van der Waals surface area contributed by atoms with Crippen LogP contribution < -0.4 is 0 Å². The fourth-order valence-corrected chi connectivity index (χ4v) is 8.27. The Morgan fingerprint density at radius 1 is 0.267 bits per heavy atom. The van der Waals surface area contributed by atoms with Gasteiger partial charge in [0.2, 0.25) is 0 Å².